The van der Waals surface area contributed by atoms with E-state index in [1.807, 2.05) is 29.6 Å². The van der Waals surface area contributed by atoms with E-state index in [0.717, 1.165) is 16.3 Å². The molecule has 3 aromatic rings. The standard InChI is InChI=1S/C24H20N4O4S2/c1-14(29)15-6-8-16(9-7-15)25-22(30)13-21-23(31)26-24(34-21)28-18(19-4-2-10-32-19)12-17(27-28)20-5-3-11-33-20/h2-11,18,21H,12-13H2,1H3,(H,25,30)/t18-,21-/m1/s1. The number of hydrogen-bond acceptors (Lipinski definition) is 8. The monoisotopic (exact) mass is 492 g/mol. The van der Waals surface area contributed by atoms with E-state index in [1.54, 1.807) is 46.9 Å². The lowest BCUT2D eigenvalue weighted by atomic mass is 10.1. The maximum Gasteiger partial charge on any atom is 0.262 e. The number of hydrazone groups is 1. The molecule has 1 aromatic carbocycles. The van der Waals surface area contributed by atoms with Crippen molar-refractivity contribution in [2.45, 2.75) is 31.1 Å². The number of nitrogens with zero attached hydrogens (tertiary/aromatic N) is 3. The van der Waals surface area contributed by atoms with Crippen LogP contribution in [0.1, 0.15) is 46.8 Å². The number of amidine groups is 1. The van der Waals surface area contributed by atoms with Crippen LogP contribution in [-0.4, -0.2) is 38.7 Å². The Bertz CT molecular complexity index is 1280. The Labute approximate surface area is 203 Å². The van der Waals surface area contributed by atoms with E-state index in [0.29, 0.717) is 22.8 Å². The lowest BCUT2D eigenvalue weighted by Gasteiger charge is -2.20. The van der Waals surface area contributed by atoms with Crippen molar-refractivity contribution in [1.29, 1.82) is 0 Å². The number of hydrogen-bond donors (Lipinski definition) is 1. The van der Waals surface area contributed by atoms with Crippen LogP contribution in [0.25, 0.3) is 0 Å². The molecule has 4 heterocycles. The highest BCUT2D eigenvalue weighted by molar-refractivity contribution is 8.15. The number of rotatable bonds is 6. The van der Waals surface area contributed by atoms with Crippen LogP contribution in [-0.2, 0) is 9.59 Å². The predicted octanol–water partition coefficient (Wildman–Crippen LogP) is 4.72. The molecule has 172 valence electrons. The van der Waals surface area contributed by atoms with Gasteiger partial charge in [-0.3, -0.25) is 14.4 Å². The number of anilines is 1. The third-order valence-electron chi connectivity index (χ3n) is 5.46. The SMILES string of the molecule is CC(=O)c1ccc(NC(=O)C[C@H]2SC(N3N=C(c4cccs4)C[C@@H]3c3ccco3)=NC2=O)cc1. The molecule has 8 nitrogen and oxygen atoms in total. The van der Waals surface area contributed by atoms with Gasteiger partial charge in [0.15, 0.2) is 11.0 Å². The van der Waals surface area contributed by atoms with Gasteiger partial charge >= 0.3 is 0 Å². The molecule has 0 spiro atoms. The summed E-state index contributed by atoms with van der Waals surface area (Å²) in [4.78, 5) is 41.9. The first-order chi connectivity index (χ1) is 16.5. The van der Waals surface area contributed by atoms with Gasteiger partial charge in [-0.1, -0.05) is 17.8 Å². The van der Waals surface area contributed by atoms with E-state index in [-0.39, 0.29) is 30.1 Å². The lowest BCUT2D eigenvalue weighted by Crippen LogP contribution is -2.25. The number of carbonyl (C=O) groups excluding carboxylic acids is 3. The Morgan fingerprint density at radius 3 is 2.68 bits per heavy atom. The van der Waals surface area contributed by atoms with E-state index in [1.165, 1.54) is 18.7 Å². The summed E-state index contributed by atoms with van der Waals surface area (Å²) >= 11 is 2.84. The van der Waals surface area contributed by atoms with Gasteiger partial charge in [-0.2, -0.15) is 10.1 Å². The molecule has 10 heteroatoms. The van der Waals surface area contributed by atoms with Crippen LogP contribution in [0.3, 0.4) is 0 Å². The average Bonchev–Trinajstić information content (AvgIpc) is 3.61. The van der Waals surface area contributed by atoms with Crippen LogP contribution >= 0.6 is 23.1 Å². The van der Waals surface area contributed by atoms with E-state index in [2.05, 4.69) is 10.3 Å². The molecule has 2 amide bonds. The van der Waals surface area contributed by atoms with Gasteiger partial charge in [-0.05, 0) is 54.8 Å². The van der Waals surface area contributed by atoms with Crippen LogP contribution in [0.5, 0.6) is 0 Å². The van der Waals surface area contributed by atoms with Crippen molar-refractivity contribution < 1.29 is 18.8 Å². The largest absolute Gasteiger partial charge is 0.467 e. The summed E-state index contributed by atoms with van der Waals surface area (Å²) in [6.07, 6.45) is 2.22. The highest BCUT2D eigenvalue weighted by atomic mass is 32.2. The molecular formula is C24H20N4O4S2. The number of thioether (sulfide) groups is 1. The van der Waals surface area contributed by atoms with Crippen LogP contribution in [0, 0.1) is 0 Å². The number of carbonyl (C=O) groups is 3. The summed E-state index contributed by atoms with van der Waals surface area (Å²) in [7, 11) is 0. The molecule has 0 fully saturated rings. The van der Waals surface area contributed by atoms with E-state index in [4.69, 9.17) is 9.52 Å². The Morgan fingerprint density at radius 2 is 2.00 bits per heavy atom. The lowest BCUT2D eigenvalue weighted by molar-refractivity contribution is -0.121. The number of Topliss-reactive ketones (excluding diaryl/α,β-unsaturated/α-hetero) is 1. The van der Waals surface area contributed by atoms with Crippen molar-refractivity contribution in [3.8, 4) is 0 Å². The second-order valence-electron chi connectivity index (χ2n) is 7.83. The van der Waals surface area contributed by atoms with Crippen LogP contribution < -0.4 is 5.32 Å². The second kappa shape index (κ2) is 9.40. The summed E-state index contributed by atoms with van der Waals surface area (Å²) < 4.78 is 5.63. The van der Waals surface area contributed by atoms with E-state index in [9.17, 15) is 14.4 Å². The molecule has 0 bridgehead atoms. The van der Waals surface area contributed by atoms with Gasteiger partial charge in [-0.15, -0.1) is 11.3 Å². The van der Waals surface area contributed by atoms with Gasteiger partial charge in [0.2, 0.25) is 5.91 Å². The zero-order valence-electron chi connectivity index (χ0n) is 18.1. The minimum atomic E-state index is -0.635. The topological polar surface area (TPSA) is 104 Å². The molecule has 2 atom stereocenters. The van der Waals surface area contributed by atoms with Crippen molar-refractivity contribution in [2.24, 2.45) is 10.1 Å². The van der Waals surface area contributed by atoms with Crippen molar-refractivity contribution in [1.82, 2.24) is 5.01 Å². The van der Waals surface area contributed by atoms with Gasteiger partial charge in [0.25, 0.3) is 5.91 Å². The van der Waals surface area contributed by atoms with Gasteiger partial charge in [-0.25, -0.2) is 5.01 Å². The Balaban J connectivity index is 1.27. The van der Waals surface area contributed by atoms with Crippen LogP contribution in [0.15, 0.2) is 74.7 Å². The number of amides is 2. The zero-order chi connectivity index (χ0) is 23.7. The first kappa shape index (κ1) is 22.3. The molecular weight excluding hydrogens is 472 g/mol. The normalized spacial score (nSPS) is 19.8. The highest BCUT2D eigenvalue weighted by Gasteiger charge is 2.40. The fourth-order valence-electron chi connectivity index (χ4n) is 3.75. The number of ketones is 1. The number of thiophene rings is 1. The molecule has 0 unspecified atom stereocenters. The van der Waals surface area contributed by atoms with Crippen molar-refractivity contribution in [3.63, 3.8) is 0 Å². The Morgan fingerprint density at radius 1 is 1.18 bits per heavy atom. The number of nitrogens with one attached hydrogen (secondary N) is 1. The average molecular weight is 493 g/mol. The smallest absolute Gasteiger partial charge is 0.262 e. The maximum atomic E-state index is 12.6. The summed E-state index contributed by atoms with van der Waals surface area (Å²) in [5.74, 6) is 0.0288. The van der Waals surface area contributed by atoms with E-state index >= 15 is 0 Å². The summed E-state index contributed by atoms with van der Waals surface area (Å²) in [5.41, 5.74) is 2.04. The van der Waals surface area contributed by atoms with Crippen LogP contribution in [0.2, 0.25) is 0 Å². The molecule has 2 aliphatic heterocycles. The molecule has 5 rings (SSSR count). The Kier molecular flexibility index (Phi) is 6.16. The molecule has 34 heavy (non-hydrogen) atoms. The molecule has 0 aliphatic carbocycles. The fourth-order valence-corrected chi connectivity index (χ4v) is 5.54. The molecule has 2 aromatic heterocycles. The second-order valence-corrected chi connectivity index (χ2v) is 9.95. The molecule has 2 aliphatic rings. The third-order valence-corrected chi connectivity index (χ3v) is 7.52. The summed E-state index contributed by atoms with van der Waals surface area (Å²) in [6, 6.07) is 14.1. The quantitative estimate of drug-likeness (QED) is 0.499. The summed E-state index contributed by atoms with van der Waals surface area (Å²) in [6.45, 7) is 1.48. The van der Waals surface area contributed by atoms with Gasteiger partial charge in [0.1, 0.15) is 17.1 Å². The molecule has 0 radical (unpaired) electrons. The minimum absolute atomic E-state index is 0.0221. The Hall–Kier alpha value is -3.50. The van der Waals surface area contributed by atoms with Crippen molar-refractivity contribution in [3.05, 3.63) is 76.4 Å². The van der Waals surface area contributed by atoms with Crippen molar-refractivity contribution >= 4 is 57.3 Å². The van der Waals surface area contributed by atoms with E-state index < -0.39 is 5.25 Å². The van der Waals surface area contributed by atoms with Gasteiger partial charge < -0.3 is 9.73 Å². The van der Waals surface area contributed by atoms with Crippen LogP contribution in [0.4, 0.5) is 5.69 Å². The highest BCUT2D eigenvalue weighted by Crippen LogP contribution is 2.39. The zero-order valence-corrected chi connectivity index (χ0v) is 19.8. The predicted molar refractivity (Wildman–Crippen MR) is 132 cm³/mol. The van der Waals surface area contributed by atoms with Gasteiger partial charge in [0.05, 0.1) is 16.9 Å². The number of furan rings is 1. The molecule has 1 N–H and O–H groups in total. The number of benzene rings is 1. The summed E-state index contributed by atoms with van der Waals surface area (Å²) in [5, 5.41) is 11.1. The molecule has 0 saturated carbocycles. The fraction of sp³-hybridized carbons (Fsp3) is 0.208. The minimum Gasteiger partial charge on any atom is -0.467 e. The van der Waals surface area contributed by atoms with Gasteiger partial charge in [0, 0.05) is 24.1 Å². The molecule has 0 saturated heterocycles. The maximum absolute atomic E-state index is 12.6. The number of aliphatic imine (C=N–C) groups is 1. The first-order valence-electron chi connectivity index (χ1n) is 10.6. The first-order valence-corrected chi connectivity index (χ1v) is 12.4. The third kappa shape index (κ3) is 4.59. The van der Waals surface area contributed by atoms with Crippen molar-refractivity contribution in [2.75, 3.05) is 5.32 Å².